The number of alkyl carbamates (subject to hydrolysis) is 1. The lowest BCUT2D eigenvalue weighted by Gasteiger charge is -2.37. The summed E-state index contributed by atoms with van der Waals surface area (Å²) in [5, 5.41) is 2.84. The van der Waals surface area contributed by atoms with Gasteiger partial charge in [-0.25, -0.2) is 9.59 Å². The van der Waals surface area contributed by atoms with Gasteiger partial charge in [0.15, 0.2) is 0 Å². The third-order valence-corrected chi connectivity index (χ3v) is 8.80. The van der Waals surface area contributed by atoms with Crippen molar-refractivity contribution in [3.05, 3.63) is 145 Å². The smallest absolute Gasteiger partial charge is 0.410 e. The molecule has 0 spiro atoms. The van der Waals surface area contributed by atoms with Crippen molar-refractivity contribution in [1.29, 1.82) is 0 Å². The molecule has 0 aliphatic carbocycles. The van der Waals surface area contributed by atoms with Crippen molar-refractivity contribution in [1.82, 2.24) is 10.2 Å². The van der Waals surface area contributed by atoms with Crippen LogP contribution < -0.4 is 5.32 Å². The molecule has 0 radical (unpaired) electrons. The summed E-state index contributed by atoms with van der Waals surface area (Å²) in [6.45, 7) is 10.3. The van der Waals surface area contributed by atoms with Crippen molar-refractivity contribution in [2.75, 3.05) is 26.3 Å². The maximum atomic E-state index is 13.2. The fourth-order valence-corrected chi connectivity index (χ4v) is 7.09. The van der Waals surface area contributed by atoms with Crippen molar-refractivity contribution < 1.29 is 19.1 Å². The predicted molar refractivity (Wildman–Crippen MR) is 171 cm³/mol. The molecule has 0 bridgehead atoms. The number of hydrogen-bond donors (Lipinski definition) is 1. The SMILES string of the molecule is C=CCOC(=O)NCC(C)=C[C@@H]1C[C@H](SC(c2ccccc2)(c2ccccc2)c2ccccc2)CN1C(=O)OCC=C. The van der Waals surface area contributed by atoms with E-state index in [0.717, 1.165) is 12.0 Å². The Kier molecular flexibility index (Phi) is 11.1. The number of hydrogen-bond acceptors (Lipinski definition) is 5. The van der Waals surface area contributed by atoms with E-state index in [1.54, 1.807) is 11.0 Å². The van der Waals surface area contributed by atoms with E-state index in [2.05, 4.69) is 91.3 Å². The van der Waals surface area contributed by atoms with Crippen molar-refractivity contribution in [2.45, 2.75) is 29.4 Å². The van der Waals surface area contributed by atoms with Crippen molar-refractivity contribution in [3.63, 3.8) is 0 Å². The van der Waals surface area contributed by atoms with E-state index in [1.807, 2.05) is 43.0 Å². The maximum Gasteiger partial charge on any atom is 0.410 e. The number of thioether (sulfide) groups is 1. The van der Waals surface area contributed by atoms with Gasteiger partial charge in [-0.05, 0) is 30.0 Å². The normalized spacial score (nSPS) is 16.9. The number of ether oxygens (including phenoxy) is 2. The number of nitrogens with one attached hydrogen (secondary N) is 1. The van der Waals surface area contributed by atoms with Gasteiger partial charge in [0.05, 0.1) is 10.8 Å². The van der Waals surface area contributed by atoms with Gasteiger partial charge >= 0.3 is 12.2 Å². The summed E-state index contributed by atoms with van der Waals surface area (Å²) in [6, 6.07) is 31.4. The van der Waals surface area contributed by atoms with Crippen molar-refractivity contribution in [3.8, 4) is 0 Å². The molecular formula is C35H38N2O4S. The van der Waals surface area contributed by atoms with Crippen LogP contribution in [0.1, 0.15) is 30.0 Å². The van der Waals surface area contributed by atoms with Gasteiger partial charge in [-0.2, -0.15) is 0 Å². The Bertz CT molecular complexity index is 1260. The Balaban J connectivity index is 1.68. The molecule has 1 heterocycles. The lowest BCUT2D eigenvalue weighted by Crippen LogP contribution is -2.36. The minimum atomic E-state index is -0.511. The zero-order valence-corrected chi connectivity index (χ0v) is 24.8. The number of rotatable bonds is 12. The van der Waals surface area contributed by atoms with E-state index >= 15 is 0 Å². The van der Waals surface area contributed by atoms with E-state index in [9.17, 15) is 9.59 Å². The Morgan fingerprint density at radius 3 is 1.88 bits per heavy atom. The largest absolute Gasteiger partial charge is 0.445 e. The summed E-state index contributed by atoms with van der Waals surface area (Å²) in [7, 11) is 0. The second-order valence-electron chi connectivity index (χ2n) is 10.1. The Morgan fingerprint density at radius 1 is 0.881 bits per heavy atom. The molecule has 0 aromatic heterocycles. The zero-order chi connectivity index (χ0) is 29.8. The standard InChI is InChI=1S/C35H38N2O4S/c1-4-21-40-33(38)36-25-27(3)23-31-24-32(26-37(31)34(39)41-22-5-2)42-35(28-15-9-6-10-16-28,29-17-11-7-12-18-29)30-19-13-8-14-20-30/h4-20,23,31-32H,1-2,21-22,24-26H2,3H3,(H,36,38)/t31-,32+/m1/s1. The third kappa shape index (κ3) is 7.53. The number of nitrogens with zero attached hydrogens (tertiary/aromatic N) is 1. The Morgan fingerprint density at radius 2 is 1.38 bits per heavy atom. The molecule has 7 heteroatoms. The van der Waals surface area contributed by atoms with Crippen LogP contribution in [-0.4, -0.2) is 54.7 Å². The molecule has 3 aromatic rings. The van der Waals surface area contributed by atoms with Crippen LogP contribution in [0.3, 0.4) is 0 Å². The van der Waals surface area contributed by atoms with Gasteiger partial charge in [0.25, 0.3) is 0 Å². The van der Waals surface area contributed by atoms with Gasteiger partial charge in [-0.3, -0.25) is 0 Å². The molecule has 2 atom stereocenters. The highest BCUT2D eigenvalue weighted by atomic mass is 32.2. The van der Waals surface area contributed by atoms with Crippen LogP contribution in [-0.2, 0) is 14.2 Å². The molecule has 218 valence electrons. The second-order valence-corrected chi connectivity index (χ2v) is 11.6. The molecule has 0 unspecified atom stereocenters. The van der Waals surface area contributed by atoms with Crippen molar-refractivity contribution >= 4 is 23.9 Å². The van der Waals surface area contributed by atoms with Gasteiger partial charge in [0, 0.05) is 18.3 Å². The van der Waals surface area contributed by atoms with E-state index in [4.69, 9.17) is 9.47 Å². The van der Waals surface area contributed by atoms with Crippen LogP contribution in [0.5, 0.6) is 0 Å². The molecule has 1 saturated heterocycles. The van der Waals surface area contributed by atoms with Crippen LogP contribution in [0.25, 0.3) is 0 Å². The molecule has 1 aliphatic rings. The Hall–Kier alpha value is -4.23. The fraction of sp³-hybridized carbons (Fsp3) is 0.257. The lowest BCUT2D eigenvalue weighted by molar-refractivity contribution is 0.114. The van der Waals surface area contributed by atoms with Gasteiger partial charge in [-0.15, -0.1) is 11.8 Å². The first-order chi connectivity index (χ1) is 20.5. The van der Waals surface area contributed by atoms with E-state index in [0.29, 0.717) is 13.1 Å². The molecular weight excluding hydrogens is 544 g/mol. The second kappa shape index (κ2) is 15.1. The molecule has 1 aliphatic heterocycles. The summed E-state index contributed by atoms with van der Waals surface area (Å²) in [4.78, 5) is 26.9. The average Bonchev–Trinajstić information content (AvgIpc) is 3.43. The lowest BCUT2D eigenvalue weighted by atomic mass is 9.84. The highest BCUT2D eigenvalue weighted by Gasteiger charge is 2.44. The van der Waals surface area contributed by atoms with Crippen LogP contribution in [0, 0.1) is 0 Å². The zero-order valence-electron chi connectivity index (χ0n) is 24.0. The van der Waals surface area contributed by atoms with E-state index < -0.39 is 10.8 Å². The third-order valence-electron chi connectivity index (χ3n) is 7.07. The number of benzene rings is 3. The summed E-state index contributed by atoms with van der Waals surface area (Å²) in [5.74, 6) is 0. The summed E-state index contributed by atoms with van der Waals surface area (Å²) in [6.07, 6.45) is 4.96. The average molecular weight is 583 g/mol. The van der Waals surface area contributed by atoms with Gasteiger partial charge in [0.1, 0.15) is 13.2 Å². The molecule has 0 saturated carbocycles. The highest BCUT2D eigenvalue weighted by molar-refractivity contribution is 8.01. The number of carbonyl (C=O) groups is 2. The summed E-state index contributed by atoms with van der Waals surface area (Å²) in [5.41, 5.74) is 4.44. The summed E-state index contributed by atoms with van der Waals surface area (Å²) >= 11 is 1.86. The van der Waals surface area contributed by atoms with E-state index in [1.165, 1.54) is 22.8 Å². The minimum absolute atomic E-state index is 0.0847. The van der Waals surface area contributed by atoms with Gasteiger partial charge < -0.3 is 19.7 Å². The number of likely N-dealkylation sites (tertiary alicyclic amines) is 1. The first kappa shape index (κ1) is 30.7. The molecule has 6 nitrogen and oxygen atoms in total. The van der Waals surface area contributed by atoms with Gasteiger partial charge in [0.2, 0.25) is 0 Å². The molecule has 2 amide bonds. The summed E-state index contributed by atoms with van der Waals surface area (Å²) < 4.78 is 10.0. The molecule has 4 rings (SSSR count). The topological polar surface area (TPSA) is 67.9 Å². The quantitative estimate of drug-likeness (QED) is 0.179. The molecule has 1 fully saturated rings. The number of carbonyl (C=O) groups excluding carboxylic acids is 2. The molecule has 3 aromatic carbocycles. The molecule has 1 N–H and O–H groups in total. The molecule has 42 heavy (non-hydrogen) atoms. The van der Waals surface area contributed by atoms with Crippen LogP contribution in [0.4, 0.5) is 9.59 Å². The van der Waals surface area contributed by atoms with Crippen LogP contribution >= 0.6 is 11.8 Å². The first-order valence-corrected chi connectivity index (χ1v) is 14.9. The maximum absolute atomic E-state index is 13.2. The fourth-order valence-electron chi connectivity index (χ4n) is 5.25. The van der Waals surface area contributed by atoms with Crippen molar-refractivity contribution in [2.24, 2.45) is 0 Å². The number of amides is 2. The van der Waals surface area contributed by atoms with Crippen LogP contribution in [0.2, 0.25) is 0 Å². The monoisotopic (exact) mass is 582 g/mol. The van der Waals surface area contributed by atoms with Gasteiger partial charge in [-0.1, -0.05) is 128 Å². The highest BCUT2D eigenvalue weighted by Crippen LogP contribution is 2.52. The van der Waals surface area contributed by atoms with E-state index in [-0.39, 0.29) is 30.6 Å². The first-order valence-electron chi connectivity index (χ1n) is 14.1. The van der Waals surface area contributed by atoms with Crippen LogP contribution in [0.15, 0.2) is 128 Å². The minimum Gasteiger partial charge on any atom is -0.445 e. The predicted octanol–water partition coefficient (Wildman–Crippen LogP) is 7.34. The Labute approximate surface area is 253 Å².